The molecule has 2 saturated heterocycles. The molecule has 0 aromatic rings. The fourth-order valence-electron chi connectivity index (χ4n) is 6.28. The van der Waals surface area contributed by atoms with E-state index in [4.69, 9.17) is 14.2 Å². The SMILES string of the molecule is CCCCCCCCCCCCC(OC(CCCCCCCCCCCC)C1CC(C)O1)C1CC(C)O1. The molecule has 2 fully saturated rings. The normalized spacial score (nSPS) is 25.0. The molecule has 6 unspecified atom stereocenters. The fourth-order valence-corrected chi connectivity index (χ4v) is 6.28. The number of unbranched alkanes of at least 4 members (excludes halogenated alkanes) is 18. The van der Waals surface area contributed by atoms with E-state index in [-0.39, 0.29) is 12.2 Å². The van der Waals surface area contributed by atoms with Gasteiger partial charge in [0.15, 0.2) is 0 Å². The first-order valence-electron chi connectivity index (χ1n) is 17.1. The number of rotatable bonds is 26. The first kappa shape index (κ1) is 33.1. The Morgan fingerprint density at radius 2 is 0.757 bits per heavy atom. The van der Waals surface area contributed by atoms with Crippen molar-refractivity contribution in [2.24, 2.45) is 0 Å². The van der Waals surface area contributed by atoms with Crippen LogP contribution in [0.1, 0.15) is 182 Å². The van der Waals surface area contributed by atoms with E-state index >= 15 is 0 Å². The predicted octanol–water partition coefficient (Wildman–Crippen LogP) is 10.7. The summed E-state index contributed by atoms with van der Waals surface area (Å²) in [5.74, 6) is 0. The summed E-state index contributed by atoms with van der Waals surface area (Å²) in [4.78, 5) is 0. The first-order chi connectivity index (χ1) is 18.1. The standard InChI is InChI=1S/C34H66O3/c1-5-7-9-11-13-15-17-19-21-23-25-31(33-27-29(3)35-33)37-32(34-28-30(4)36-34)26-24-22-20-18-16-14-12-10-8-6-2/h29-34H,5-28H2,1-4H3. The highest BCUT2D eigenvalue weighted by molar-refractivity contribution is 4.87. The van der Waals surface area contributed by atoms with Crippen molar-refractivity contribution in [3.8, 4) is 0 Å². The van der Waals surface area contributed by atoms with Crippen molar-refractivity contribution in [2.45, 2.75) is 218 Å². The first-order valence-corrected chi connectivity index (χ1v) is 17.1. The molecule has 2 heterocycles. The highest BCUT2D eigenvalue weighted by Crippen LogP contribution is 2.33. The third-order valence-corrected chi connectivity index (χ3v) is 8.81. The van der Waals surface area contributed by atoms with Gasteiger partial charge in [0.25, 0.3) is 0 Å². The Balaban J connectivity index is 1.63. The lowest BCUT2D eigenvalue weighted by Crippen LogP contribution is -2.51. The van der Waals surface area contributed by atoms with Crippen LogP contribution in [0, 0.1) is 0 Å². The molecule has 37 heavy (non-hydrogen) atoms. The van der Waals surface area contributed by atoms with Crippen LogP contribution in [0.2, 0.25) is 0 Å². The van der Waals surface area contributed by atoms with Gasteiger partial charge in [0.2, 0.25) is 0 Å². The van der Waals surface area contributed by atoms with Gasteiger partial charge in [-0.1, -0.05) is 142 Å². The quantitative estimate of drug-likeness (QED) is 0.106. The van der Waals surface area contributed by atoms with Crippen LogP contribution in [0.4, 0.5) is 0 Å². The second-order valence-electron chi connectivity index (χ2n) is 12.6. The van der Waals surface area contributed by atoms with Gasteiger partial charge >= 0.3 is 0 Å². The molecule has 3 heteroatoms. The lowest BCUT2D eigenvalue weighted by Gasteiger charge is -2.44. The molecule has 2 aliphatic heterocycles. The highest BCUT2D eigenvalue weighted by atomic mass is 16.6. The monoisotopic (exact) mass is 523 g/mol. The number of hydrogen-bond acceptors (Lipinski definition) is 3. The molecule has 220 valence electrons. The maximum atomic E-state index is 6.87. The molecular weight excluding hydrogens is 456 g/mol. The summed E-state index contributed by atoms with van der Waals surface area (Å²) in [6.45, 7) is 9.00. The van der Waals surface area contributed by atoms with Crippen LogP contribution < -0.4 is 0 Å². The van der Waals surface area contributed by atoms with Gasteiger partial charge in [-0.2, -0.15) is 0 Å². The zero-order valence-corrected chi connectivity index (χ0v) is 25.7. The minimum absolute atomic E-state index is 0.262. The van der Waals surface area contributed by atoms with Crippen molar-refractivity contribution in [2.75, 3.05) is 0 Å². The van der Waals surface area contributed by atoms with Crippen molar-refractivity contribution in [1.29, 1.82) is 0 Å². The molecule has 2 rings (SSSR count). The van der Waals surface area contributed by atoms with E-state index in [1.165, 1.54) is 128 Å². The van der Waals surface area contributed by atoms with E-state index in [2.05, 4.69) is 27.7 Å². The van der Waals surface area contributed by atoms with Crippen LogP contribution in [0.3, 0.4) is 0 Å². The summed E-state index contributed by atoms with van der Waals surface area (Å²) < 4.78 is 19.1. The number of hydrogen-bond donors (Lipinski definition) is 0. The van der Waals surface area contributed by atoms with Crippen molar-refractivity contribution in [3.05, 3.63) is 0 Å². The Bertz CT molecular complexity index is 453. The summed E-state index contributed by atoms with van der Waals surface area (Å²) in [5, 5.41) is 0. The third kappa shape index (κ3) is 15.3. The van der Waals surface area contributed by atoms with E-state index in [1.54, 1.807) is 0 Å². The van der Waals surface area contributed by atoms with Crippen LogP contribution >= 0.6 is 0 Å². The Morgan fingerprint density at radius 1 is 0.486 bits per heavy atom. The second-order valence-corrected chi connectivity index (χ2v) is 12.6. The van der Waals surface area contributed by atoms with E-state index in [0.29, 0.717) is 24.4 Å². The number of ether oxygens (including phenoxy) is 3. The van der Waals surface area contributed by atoms with E-state index in [0.717, 1.165) is 25.7 Å². The van der Waals surface area contributed by atoms with Crippen molar-refractivity contribution >= 4 is 0 Å². The molecule has 0 bridgehead atoms. The topological polar surface area (TPSA) is 27.7 Å². The molecule has 0 aromatic carbocycles. The Kier molecular flexibility index (Phi) is 19.4. The van der Waals surface area contributed by atoms with Crippen LogP contribution in [-0.2, 0) is 14.2 Å². The third-order valence-electron chi connectivity index (χ3n) is 8.81. The Labute approximate surface area is 232 Å². The minimum Gasteiger partial charge on any atom is -0.372 e. The molecular formula is C34H66O3. The largest absolute Gasteiger partial charge is 0.372 e. The zero-order valence-electron chi connectivity index (χ0n) is 25.7. The van der Waals surface area contributed by atoms with Gasteiger partial charge in [0.05, 0.1) is 36.6 Å². The molecule has 2 aliphatic rings. The van der Waals surface area contributed by atoms with Crippen molar-refractivity contribution in [1.82, 2.24) is 0 Å². The maximum absolute atomic E-state index is 6.87. The van der Waals surface area contributed by atoms with E-state index in [9.17, 15) is 0 Å². The van der Waals surface area contributed by atoms with Crippen molar-refractivity contribution in [3.63, 3.8) is 0 Å². The van der Waals surface area contributed by atoms with E-state index in [1.807, 2.05) is 0 Å². The van der Waals surface area contributed by atoms with Gasteiger partial charge in [0, 0.05) is 12.8 Å². The molecule has 6 atom stereocenters. The summed E-state index contributed by atoms with van der Waals surface area (Å²) in [6.07, 6.45) is 34.4. The zero-order chi connectivity index (χ0) is 26.6. The molecule has 0 N–H and O–H groups in total. The van der Waals surface area contributed by atoms with Gasteiger partial charge in [0.1, 0.15) is 0 Å². The van der Waals surface area contributed by atoms with Crippen LogP contribution in [-0.4, -0.2) is 36.6 Å². The van der Waals surface area contributed by atoms with Crippen molar-refractivity contribution < 1.29 is 14.2 Å². The molecule has 0 amide bonds. The van der Waals surface area contributed by atoms with Gasteiger partial charge in [-0.25, -0.2) is 0 Å². The van der Waals surface area contributed by atoms with Gasteiger partial charge < -0.3 is 14.2 Å². The average Bonchev–Trinajstić information content (AvgIpc) is 2.85. The Morgan fingerprint density at radius 3 is 1.03 bits per heavy atom. The molecule has 0 saturated carbocycles. The van der Waals surface area contributed by atoms with Crippen LogP contribution in [0.5, 0.6) is 0 Å². The lowest BCUT2D eigenvalue weighted by molar-refractivity contribution is -0.233. The van der Waals surface area contributed by atoms with E-state index < -0.39 is 0 Å². The summed E-state index contributed by atoms with van der Waals surface area (Å²) >= 11 is 0. The summed E-state index contributed by atoms with van der Waals surface area (Å²) in [7, 11) is 0. The van der Waals surface area contributed by atoms with Crippen LogP contribution in [0.15, 0.2) is 0 Å². The molecule has 0 radical (unpaired) electrons. The maximum Gasteiger partial charge on any atom is 0.0865 e. The van der Waals surface area contributed by atoms with Gasteiger partial charge in [-0.3, -0.25) is 0 Å². The smallest absolute Gasteiger partial charge is 0.0865 e. The van der Waals surface area contributed by atoms with Gasteiger partial charge in [-0.05, 0) is 26.7 Å². The van der Waals surface area contributed by atoms with Crippen LogP contribution in [0.25, 0.3) is 0 Å². The second kappa shape index (κ2) is 21.7. The highest BCUT2D eigenvalue weighted by Gasteiger charge is 2.39. The molecule has 3 nitrogen and oxygen atoms in total. The van der Waals surface area contributed by atoms with Gasteiger partial charge in [-0.15, -0.1) is 0 Å². The summed E-state index contributed by atoms with van der Waals surface area (Å²) in [6, 6.07) is 0. The molecule has 0 aliphatic carbocycles. The minimum atomic E-state index is 0.262. The average molecular weight is 523 g/mol. The summed E-state index contributed by atoms with van der Waals surface area (Å²) in [5.41, 5.74) is 0. The molecule has 0 spiro atoms. The predicted molar refractivity (Wildman–Crippen MR) is 159 cm³/mol. The fraction of sp³-hybridized carbons (Fsp3) is 1.00. The lowest BCUT2D eigenvalue weighted by atomic mass is 9.93. The molecule has 0 aromatic heterocycles. The Hall–Kier alpha value is -0.120.